The number of amides is 2. The van der Waals surface area contributed by atoms with E-state index in [1.807, 2.05) is 4.90 Å². The summed E-state index contributed by atoms with van der Waals surface area (Å²) >= 11 is 0. The predicted molar refractivity (Wildman–Crippen MR) is 108 cm³/mol. The van der Waals surface area contributed by atoms with Gasteiger partial charge < -0.3 is 19.3 Å². The number of halogens is 1. The lowest BCUT2D eigenvalue weighted by Gasteiger charge is -2.38. The number of ether oxygens (including phenoxy) is 2. The van der Waals surface area contributed by atoms with Crippen LogP contribution in [-0.4, -0.2) is 58.7 Å². The topological polar surface area (TPSA) is 72.0 Å². The molecule has 2 aromatic rings. The second-order valence-electron chi connectivity index (χ2n) is 8.20. The molecule has 7 nitrogen and oxygen atoms in total. The van der Waals surface area contributed by atoms with Crippen molar-refractivity contribution in [3.05, 3.63) is 65.2 Å². The number of pyridine rings is 1. The van der Waals surface area contributed by atoms with Crippen molar-refractivity contribution >= 4 is 11.8 Å². The first-order valence-corrected chi connectivity index (χ1v) is 10.6. The molecule has 1 atom stereocenters. The average molecular weight is 425 g/mol. The third kappa shape index (κ3) is 3.81. The standard InChI is InChI=1S/C23H24FN3O4/c24-17-5-3-16(4-6-17)15-27-19(21-18(22(27)29)2-1-9-25-21)14-20(28)26-10-7-23(8-11-26)30-12-13-31-23/h1-6,9,19H,7-8,10-15H2. The second-order valence-corrected chi connectivity index (χ2v) is 8.20. The molecular formula is C23H24FN3O4. The van der Waals surface area contributed by atoms with Crippen LogP contribution in [0.2, 0.25) is 0 Å². The number of likely N-dealkylation sites (tertiary alicyclic amines) is 1. The Kier molecular flexibility index (Phi) is 5.19. The van der Waals surface area contributed by atoms with Crippen molar-refractivity contribution in [3.8, 4) is 0 Å². The maximum absolute atomic E-state index is 13.3. The fourth-order valence-electron chi connectivity index (χ4n) is 4.66. The lowest BCUT2D eigenvalue weighted by Crippen LogP contribution is -2.47. The lowest BCUT2D eigenvalue weighted by molar-refractivity contribution is -0.187. The number of hydrogen-bond donors (Lipinski definition) is 0. The Morgan fingerprint density at radius 3 is 2.55 bits per heavy atom. The molecular weight excluding hydrogens is 401 g/mol. The molecule has 1 aromatic heterocycles. The van der Waals surface area contributed by atoms with Gasteiger partial charge in [0, 0.05) is 38.7 Å². The number of fused-ring (bicyclic) bond motifs is 1. The van der Waals surface area contributed by atoms with Crippen LogP contribution in [0.4, 0.5) is 4.39 Å². The van der Waals surface area contributed by atoms with Gasteiger partial charge in [-0.15, -0.1) is 0 Å². The number of piperidine rings is 1. The molecule has 0 bridgehead atoms. The van der Waals surface area contributed by atoms with Crippen molar-refractivity contribution in [1.29, 1.82) is 0 Å². The molecule has 1 unspecified atom stereocenters. The van der Waals surface area contributed by atoms with Crippen molar-refractivity contribution in [3.63, 3.8) is 0 Å². The highest BCUT2D eigenvalue weighted by molar-refractivity contribution is 5.99. The van der Waals surface area contributed by atoms with E-state index in [0.29, 0.717) is 50.4 Å². The first-order chi connectivity index (χ1) is 15.0. The van der Waals surface area contributed by atoms with Gasteiger partial charge in [-0.05, 0) is 29.8 Å². The highest BCUT2D eigenvalue weighted by Crippen LogP contribution is 2.37. The van der Waals surface area contributed by atoms with Crippen LogP contribution in [0, 0.1) is 5.82 Å². The van der Waals surface area contributed by atoms with Gasteiger partial charge >= 0.3 is 0 Å². The molecule has 4 heterocycles. The number of hydrogen-bond acceptors (Lipinski definition) is 5. The van der Waals surface area contributed by atoms with E-state index in [4.69, 9.17) is 9.47 Å². The van der Waals surface area contributed by atoms with Gasteiger partial charge in [0.2, 0.25) is 5.91 Å². The molecule has 2 amide bonds. The molecule has 3 aliphatic heterocycles. The summed E-state index contributed by atoms with van der Waals surface area (Å²) in [7, 11) is 0. The van der Waals surface area contributed by atoms with E-state index < -0.39 is 11.8 Å². The quantitative estimate of drug-likeness (QED) is 0.753. The van der Waals surface area contributed by atoms with Crippen molar-refractivity contribution in [2.75, 3.05) is 26.3 Å². The van der Waals surface area contributed by atoms with Gasteiger partial charge in [-0.25, -0.2) is 4.39 Å². The van der Waals surface area contributed by atoms with Crippen LogP contribution in [0.1, 0.15) is 46.9 Å². The van der Waals surface area contributed by atoms with E-state index in [2.05, 4.69) is 4.98 Å². The van der Waals surface area contributed by atoms with Crippen LogP contribution in [0.3, 0.4) is 0 Å². The summed E-state index contributed by atoms with van der Waals surface area (Å²) in [6, 6.07) is 9.08. The van der Waals surface area contributed by atoms with Gasteiger partial charge in [0.15, 0.2) is 5.79 Å². The fourth-order valence-corrected chi connectivity index (χ4v) is 4.66. The molecule has 5 rings (SSSR count). The van der Waals surface area contributed by atoms with Crippen molar-refractivity contribution in [1.82, 2.24) is 14.8 Å². The van der Waals surface area contributed by atoms with Crippen LogP contribution >= 0.6 is 0 Å². The molecule has 0 saturated carbocycles. The molecule has 2 fully saturated rings. The predicted octanol–water partition coefficient (Wildman–Crippen LogP) is 2.67. The maximum atomic E-state index is 13.3. The van der Waals surface area contributed by atoms with Crippen LogP contribution in [0.5, 0.6) is 0 Å². The summed E-state index contributed by atoms with van der Waals surface area (Å²) in [5.74, 6) is -1.04. The minimum absolute atomic E-state index is 0.0201. The van der Waals surface area contributed by atoms with E-state index in [1.165, 1.54) is 12.1 Å². The first kappa shape index (κ1) is 20.1. The van der Waals surface area contributed by atoms with Crippen molar-refractivity contribution < 1.29 is 23.5 Å². The molecule has 0 aliphatic carbocycles. The van der Waals surface area contributed by atoms with E-state index >= 15 is 0 Å². The lowest BCUT2D eigenvalue weighted by atomic mass is 10.0. The van der Waals surface area contributed by atoms with Gasteiger partial charge in [-0.1, -0.05) is 12.1 Å². The number of carbonyl (C=O) groups is 2. The van der Waals surface area contributed by atoms with E-state index in [9.17, 15) is 14.0 Å². The van der Waals surface area contributed by atoms with Crippen LogP contribution < -0.4 is 0 Å². The monoisotopic (exact) mass is 425 g/mol. The molecule has 31 heavy (non-hydrogen) atoms. The van der Waals surface area contributed by atoms with Crippen molar-refractivity contribution in [2.45, 2.75) is 37.6 Å². The number of carbonyl (C=O) groups excluding carboxylic acids is 2. The Labute approximate surface area is 179 Å². The summed E-state index contributed by atoms with van der Waals surface area (Å²) in [5, 5.41) is 0. The largest absolute Gasteiger partial charge is 0.347 e. The second kappa shape index (κ2) is 8.01. The Hall–Kier alpha value is -2.84. The highest BCUT2D eigenvalue weighted by Gasteiger charge is 2.43. The van der Waals surface area contributed by atoms with E-state index in [1.54, 1.807) is 35.4 Å². The van der Waals surface area contributed by atoms with Crippen LogP contribution in [-0.2, 0) is 20.8 Å². The fraction of sp³-hybridized carbons (Fsp3) is 0.435. The Morgan fingerprint density at radius 2 is 1.84 bits per heavy atom. The number of rotatable bonds is 4. The molecule has 3 aliphatic rings. The highest BCUT2D eigenvalue weighted by atomic mass is 19.1. The summed E-state index contributed by atoms with van der Waals surface area (Å²) in [6.07, 6.45) is 3.10. The summed E-state index contributed by atoms with van der Waals surface area (Å²) in [5.41, 5.74) is 1.95. The zero-order chi connectivity index (χ0) is 21.4. The Bertz CT molecular complexity index is 981. The molecule has 1 aromatic carbocycles. The van der Waals surface area contributed by atoms with Crippen molar-refractivity contribution in [2.24, 2.45) is 0 Å². The van der Waals surface area contributed by atoms with Gasteiger partial charge in [0.1, 0.15) is 5.82 Å². The van der Waals surface area contributed by atoms with E-state index in [-0.39, 0.29) is 30.6 Å². The SMILES string of the molecule is O=C(CC1c2ncccc2C(=O)N1Cc1ccc(F)cc1)N1CCC2(CC1)OCCO2. The molecule has 0 N–H and O–H groups in total. The third-order valence-electron chi connectivity index (χ3n) is 6.35. The zero-order valence-electron chi connectivity index (χ0n) is 17.1. The minimum Gasteiger partial charge on any atom is -0.347 e. The smallest absolute Gasteiger partial charge is 0.256 e. The van der Waals surface area contributed by atoms with E-state index in [0.717, 1.165) is 5.56 Å². The zero-order valence-corrected chi connectivity index (χ0v) is 17.1. The van der Waals surface area contributed by atoms with Gasteiger partial charge in [-0.2, -0.15) is 0 Å². The Morgan fingerprint density at radius 1 is 1.13 bits per heavy atom. The normalized spacial score (nSPS) is 22.2. The summed E-state index contributed by atoms with van der Waals surface area (Å²) in [6.45, 7) is 2.61. The third-order valence-corrected chi connectivity index (χ3v) is 6.35. The van der Waals surface area contributed by atoms with Gasteiger partial charge in [0.25, 0.3) is 5.91 Å². The van der Waals surface area contributed by atoms with Gasteiger partial charge in [0.05, 0.1) is 36.9 Å². The number of nitrogens with zero attached hydrogens (tertiary/aromatic N) is 3. The molecule has 0 radical (unpaired) electrons. The van der Waals surface area contributed by atoms with Gasteiger partial charge in [-0.3, -0.25) is 14.6 Å². The minimum atomic E-state index is -0.539. The first-order valence-electron chi connectivity index (χ1n) is 10.6. The molecule has 1 spiro atoms. The van der Waals surface area contributed by atoms with Crippen LogP contribution in [0.25, 0.3) is 0 Å². The molecule has 8 heteroatoms. The number of benzene rings is 1. The maximum Gasteiger partial charge on any atom is 0.256 e. The molecule has 162 valence electrons. The Balaban J connectivity index is 1.33. The summed E-state index contributed by atoms with van der Waals surface area (Å²) < 4.78 is 24.8. The number of aromatic nitrogens is 1. The van der Waals surface area contributed by atoms with Crippen LogP contribution in [0.15, 0.2) is 42.6 Å². The summed E-state index contributed by atoms with van der Waals surface area (Å²) in [4.78, 5) is 34.1. The average Bonchev–Trinajstić information content (AvgIpc) is 3.34. The molecule has 2 saturated heterocycles.